The molecule has 0 spiro atoms. The minimum Gasteiger partial charge on any atom is -0.472 e. The zero-order chi connectivity index (χ0) is 12.4. The van der Waals surface area contributed by atoms with Gasteiger partial charge in [0.15, 0.2) is 0 Å². The zero-order valence-corrected chi connectivity index (χ0v) is 10.0. The van der Waals surface area contributed by atoms with Crippen LogP contribution in [0.1, 0.15) is 34.8 Å². The summed E-state index contributed by atoms with van der Waals surface area (Å²) >= 11 is 0. The average molecular weight is 245 g/mol. The van der Waals surface area contributed by atoms with Gasteiger partial charge in [-0.1, -0.05) is 0 Å². The van der Waals surface area contributed by atoms with Gasteiger partial charge in [0.25, 0.3) is 5.91 Å². The van der Waals surface area contributed by atoms with Crippen molar-refractivity contribution in [1.29, 1.82) is 0 Å². The molecule has 1 fully saturated rings. The van der Waals surface area contributed by atoms with Crippen molar-refractivity contribution in [3.8, 4) is 0 Å². The summed E-state index contributed by atoms with van der Waals surface area (Å²) in [7, 11) is 0. The Morgan fingerprint density at radius 2 is 2.44 bits per heavy atom. The number of carbonyl (C=O) groups is 1. The van der Waals surface area contributed by atoms with Gasteiger partial charge in [-0.2, -0.15) is 5.10 Å². The Bertz CT molecular complexity index is 504. The Hall–Kier alpha value is -2.04. The average Bonchev–Trinajstić information content (AvgIpc) is 3.11. The van der Waals surface area contributed by atoms with Gasteiger partial charge in [-0.05, 0) is 25.0 Å². The van der Waals surface area contributed by atoms with Crippen molar-refractivity contribution < 1.29 is 9.21 Å². The van der Waals surface area contributed by atoms with Crippen molar-refractivity contribution >= 4 is 5.91 Å². The minimum atomic E-state index is 0.0490. The number of carbonyl (C=O) groups excluding carboxylic acids is 1. The van der Waals surface area contributed by atoms with Crippen molar-refractivity contribution in [3.63, 3.8) is 0 Å². The highest BCUT2D eigenvalue weighted by Crippen LogP contribution is 2.26. The molecule has 5 heteroatoms. The minimum absolute atomic E-state index is 0.0490. The second-order valence-electron chi connectivity index (χ2n) is 4.61. The van der Waals surface area contributed by atoms with Crippen molar-refractivity contribution in [1.82, 2.24) is 15.1 Å². The number of hydrogen-bond acceptors (Lipinski definition) is 3. The maximum Gasteiger partial charge on any atom is 0.257 e. The fourth-order valence-electron chi connectivity index (χ4n) is 2.48. The molecule has 0 aromatic carbocycles. The number of nitrogens with one attached hydrogen (secondary N) is 1. The predicted molar refractivity (Wildman–Crippen MR) is 65.2 cm³/mol. The molecule has 5 nitrogen and oxygen atoms in total. The Kier molecular flexibility index (Phi) is 2.88. The number of amides is 1. The van der Waals surface area contributed by atoms with Crippen molar-refractivity contribution in [2.75, 3.05) is 13.1 Å². The number of nitrogens with zero attached hydrogens (tertiary/aromatic N) is 2. The molecule has 0 aliphatic carbocycles. The van der Waals surface area contributed by atoms with Gasteiger partial charge in [0.05, 0.1) is 11.8 Å². The van der Waals surface area contributed by atoms with Crippen LogP contribution in [0.2, 0.25) is 0 Å². The van der Waals surface area contributed by atoms with Gasteiger partial charge in [0, 0.05) is 30.9 Å². The van der Waals surface area contributed by atoms with Crippen molar-refractivity contribution in [3.05, 3.63) is 42.1 Å². The largest absolute Gasteiger partial charge is 0.472 e. The van der Waals surface area contributed by atoms with Crippen LogP contribution in [0.4, 0.5) is 0 Å². The van der Waals surface area contributed by atoms with Crippen molar-refractivity contribution in [2.24, 2.45) is 0 Å². The van der Waals surface area contributed by atoms with Gasteiger partial charge >= 0.3 is 0 Å². The quantitative estimate of drug-likeness (QED) is 0.880. The van der Waals surface area contributed by atoms with Crippen LogP contribution in [0.3, 0.4) is 0 Å². The number of H-pyrrole nitrogens is 1. The molecule has 1 aliphatic heterocycles. The molecular formula is C13H15N3O2. The highest BCUT2D eigenvalue weighted by molar-refractivity contribution is 5.93. The van der Waals surface area contributed by atoms with E-state index in [9.17, 15) is 4.79 Å². The van der Waals surface area contributed by atoms with Gasteiger partial charge in [0.2, 0.25) is 0 Å². The van der Waals surface area contributed by atoms with E-state index in [0.29, 0.717) is 11.5 Å². The lowest BCUT2D eigenvalue weighted by molar-refractivity contribution is 0.0705. The number of piperidine rings is 1. The number of hydrogen-bond donors (Lipinski definition) is 1. The van der Waals surface area contributed by atoms with Crippen LogP contribution in [-0.4, -0.2) is 34.1 Å². The maximum absolute atomic E-state index is 12.2. The number of aromatic amines is 1. The smallest absolute Gasteiger partial charge is 0.257 e. The summed E-state index contributed by atoms with van der Waals surface area (Å²) in [5.41, 5.74) is 1.74. The Morgan fingerprint density at radius 1 is 1.50 bits per heavy atom. The van der Waals surface area contributed by atoms with Crippen LogP contribution in [0, 0.1) is 0 Å². The third-order valence-electron chi connectivity index (χ3n) is 3.44. The molecule has 0 bridgehead atoms. The molecule has 2 aromatic heterocycles. The van der Waals surface area contributed by atoms with Crippen LogP contribution in [-0.2, 0) is 0 Å². The summed E-state index contributed by atoms with van der Waals surface area (Å²) in [5, 5.41) is 6.97. The summed E-state index contributed by atoms with van der Waals surface area (Å²) in [6.07, 6.45) is 6.91. The molecule has 0 saturated carbocycles. The fraction of sp³-hybridized carbons (Fsp3) is 0.385. The van der Waals surface area contributed by atoms with Gasteiger partial charge in [0.1, 0.15) is 6.26 Å². The number of likely N-dealkylation sites (tertiary alicyclic amines) is 1. The van der Waals surface area contributed by atoms with Crippen LogP contribution in [0.25, 0.3) is 0 Å². The molecule has 3 rings (SSSR count). The first-order chi connectivity index (χ1) is 8.84. The highest BCUT2D eigenvalue weighted by atomic mass is 16.3. The molecule has 2 aromatic rings. The molecule has 1 aliphatic rings. The van der Waals surface area contributed by atoms with E-state index in [0.717, 1.165) is 31.6 Å². The topological polar surface area (TPSA) is 62.1 Å². The van der Waals surface area contributed by atoms with Gasteiger partial charge in [-0.15, -0.1) is 0 Å². The summed E-state index contributed by atoms with van der Waals surface area (Å²) in [5.74, 6) is 0.407. The van der Waals surface area contributed by atoms with E-state index in [1.54, 1.807) is 12.3 Å². The van der Waals surface area contributed by atoms with E-state index < -0.39 is 0 Å². The highest BCUT2D eigenvalue weighted by Gasteiger charge is 2.26. The number of furan rings is 1. The Labute approximate surface area is 105 Å². The SMILES string of the molecule is O=C(c1ccoc1)N1CCC[C@H](c2ccn[nH]2)C1. The lowest BCUT2D eigenvalue weighted by atomic mass is 9.94. The standard InChI is InChI=1S/C13H15N3O2/c17-13(11-4-7-18-9-11)16-6-1-2-10(8-16)12-3-5-14-15-12/h3-5,7,9-10H,1-2,6,8H2,(H,14,15)/t10-/m0/s1. The normalized spacial score (nSPS) is 20.0. The first-order valence-electron chi connectivity index (χ1n) is 6.15. The molecule has 0 radical (unpaired) electrons. The molecular weight excluding hydrogens is 230 g/mol. The molecule has 18 heavy (non-hydrogen) atoms. The fourth-order valence-corrected chi connectivity index (χ4v) is 2.48. The Morgan fingerprint density at radius 3 is 3.17 bits per heavy atom. The van der Waals surface area contributed by atoms with Crippen LogP contribution in [0.5, 0.6) is 0 Å². The molecule has 3 heterocycles. The number of aromatic nitrogens is 2. The van der Waals surface area contributed by atoms with E-state index in [1.807, 2.05) is 11.0 Å². The van der Waals surface area contributed by atoms with Crippen LogP contribution < -0.4 is 0 Å². The van der Waals surface area contributed by atoms with E-state index >= 15 is 0 Å². The second kappa shape index (κ2) is 4.68. The molecule has 1 atom stereocenters. The predicted octanol–water partition coefficient (Wildman–Crippen LogP) is 2.02. The van der Waals surface area contributed by atoms with Gasteiger partial charge in [-0.25, -0.2) is 0 Å². The second-order valence-corrected chi connectivity index (χ2v) is 4.61. The Balaban J connectivity index is 1.73. The molecule has 1 N–H and O–H groups in total. The summed E-state index contributed by atoms with van der Waals surface area (Å²) in [6, 6.07) is 3.69. The monoisotopic (exact) mass is 245 g/mol. The van der Waals surface area contributed by atoms with Crippen molar-refractivity contribution in [2.45, 2.75) is 18.8 Å². The summed E-state index contributed by atoms with van der Waals surface area (Å²) in [4.78, 5) is 14.1. The zero-order valence-electron chi connectivity index (χ0n) is 10.0. The van der Waals surface area contributed by atoms with E-state index in [-0.39, 0.29) is 5.91 Å². The van der Waals surface area contributed by atoms with Crippen LogP contribution in [0.15, 0.2) is 35.3 Å². The third-order valence-corrected chi connectivity index (χ3v) is 3.44. The van der Waals surface area contributed by atoms with Gasteiger partial charge in [-0.3, -0.25) is 9.89 Å². The molecule has 1 amide bonds. The lowest BCUT2D eigenvalue weighted by Crippen LogP contribution is -2.39. The van der Waals surface area contributed by atoms with E-state index in [2.05, 4.69) is 10.2 Å². The number of rotatable bonds is 2. The summed E-state index contributed by atoms with van der Waals surface area (Å²) < 4.78 is 4.96. The van der Waals surface area contributed by atoms with Gasteiger partial charge < -0.3 is 9.32 Å². The first kappa shape index (κ1) is 11.1. The first-order valence-corrected chi connectivity index (χ1v) is 6.15. The molecule has 1 saturated heterocycles. The lowest BCUT2D eigenvalue weighted by Gasteiger charge is -2.31. The maximum atomic E-state index is 12.2. The summed E-state index contributed by atoms with van der Waals surface area (Å²) in [6.45, 7) is 1.56. The molecule has 94 valence electrons. The van der Waals surface area contributed by atoms with E-state index in [1.165, 1.54) is 12.5 Å². The molecule has 0 unspecified atom stereocenters. The third kappa shape index (κ3) is 2.03. The van der Waals surface area contributed by atoms with Crippen LogP contribution >= 0.6 is 0 Å². The van der Waals surface area contributed by atoms with E-state index in [4.69, 9.17) is 4.42 Å².